The van der Waals surface area contributed by atoms with Crippen molar-refractivity contribution < 1.29 is 0 Å². The van der Waals surface area contributed by atoms with Crippen LogP contribution < -0.4 is 5.32 Å². The predicted molar refractivity (Wildman–Crippen MR) is 78.6 cm³/mol. The summed E-state index contributed by atoms with van der Waals surface area (Å²) in [5.41, 5.74) is 1.52. The van der Waals surface area contributed by atoms with Crippen LogP contribution in [0.5, 0.6) is 0 Å². The van der Waals surface area contributed by atoms with E-state index in [-0.39, 0.29) is 0 Å². The van der Waals surface area contributed by atoms with E-state index in [1.807, 2.05) is 27.7 Å². The molecule has 1 aromatic carbocycles. The van der Waals surface area contributed by atoms with E-state index < -0.39 is 0 Å². The number of rotatable bonds is 1. The van der Waals surface area contributed by atoms with Gasteiger partial charge in [0.1, 0.15) is 0 Å². The van der Waals surface area contributed by atoms with Crippen LogP contribution in [0, 0.1) is 0 Å². The molecule has 1 heteroatoms. The van der Waals surface area contributed by atoms with Gasteiger partial charge in [0.2, 0.25) is 0 Å². The van der Waals surface area contributed by atoms with Crippen molar-refractivity contribution in [1.82, 2.24) is 5.32 Å². The van der Waals surface area contributed by atoms with E-state index in [1.54, 1.807) is 0 Å². The fourth-order valence-corrected chi connectivity index (χ4v) is 2.08. The second-order valence-corrected chi connectivity index (χ2v) is 3.79. The summed E-state index contributed by atoms with van der Waals surface area (Å²) in [7, 11) is 0. The molecule has 0 amide bonds. The van der Waals surface area contributed by atoms with Gasteiger partial charge < -0.3 is 5.32 Å². The fourth-order valence-electron chi connectivity index (χ4n) is 2.08. The summed E-state index contributed by atoms with van der Waals surface area (Å²) in [6, 6.07) is 10.9. The van der Waals surface area contributed by atoms with Crippen LogP contribution in [0.2, 0.25) is 0 Å². The molecule has 1 saturated heterocycles. The van der Waals surface area contributed by atoms with E-state index in [9.17, 15) is 0 Å². The van der Waals surface area contributed by atoms with Crippen LogP contribution in [-0.4, -0.2) is 13.1 Å². The van der Waals surface area contributed by atoms with Crippen LogP contribution in [0.4, 0.5) is 0 Å². The van der Waals surface area contributed by atoms with Gasteiger partial charge in [-0.2, -0.15) is 0 Å². The molecule has 1 unspecified atom stereocenters. The molecule has 1 nitrogen and oxygen atoms in total. The average Bonchev–Trinajstić information content (AvgIpc) is 2.73. The summed E-state index contributed by atoms with van der Waals surface area (Å²) >= 11 is 0. The molecule has 0 aliphatic carbocycles. The molecule has 0 spiro atoms. The zero-order chi connectivity index (χ0) is 12.9. The molecule has 1 aliphatic heterocycles. The first-order valence-electron chi connectivity index (χ1n) is 7.22. The maximum Gasteiger partial charge on any atom is -0.00431 e. The Morgan fingerprint density at radius 1 is 0.882 bits per heavy atom. The molecule has 1 N–H and O–H groups in total. The molecular formula is C16H29N. The first-order valence-corrected chi connectivity index (χ1v) is 7.22. The summed E-state index contributed by atoms with van der Waals surface area (Å²) in [6.45, 7) is 10.4. The normalized spacial score (nSPS) is 18.9. The van der Waals surface area contributed by atoms with Crippen LogP contribution in [-0.2, 0) is 0 Å². The van der Waals surface area contributed by atoms with Crippen molar-refractivity contribution in [2.24, 2.45) is 0 Å². The van der Waals surface area contributed by atoms with Gasteiger partial charge in [0.05, 0.1) is 0 Å². The molecule has 1 heterocycles. The van der Waals surface area contributed by atoms with Crippen molar-refractivity contribution in [2.45, 2.75) is 52.9 Å². The van der Waals surface area contributed by atoms with Crippen LogP contribution in [0.15, 0.2) is 30.3 Å². The molecule has 1 atom stereocenters. The molecule has 0 saturated carbocycles. The number of nitrogens with one attached hydrogen (secondary N) is 1. The molecule has 1 fully saturated rings. The van der Waals surface area contributed by atoms with E-state index in [0.29, 0.717) is 0 Å². The third-order valence-electron chi connectivity index (χ3n) is 2.85. The van der Waals surface area contributed by atoms with Gasteiger partial charge in [-0.3, -0.25) is 0 Å². The minimum Gasteiger partial charge on any atom is -0.317 e. The number of hydrogen-bond donors (Lipinski definition) is 1. The maximum atomic E-state index is 3.45. The molecule has 1 aromatic rings. The van der Waals surface area contributed by atoms with E-state index in [2.05, 4.69) is 35.6 Å². The lowest BCUT2D eigenvalue weighted by Crippen LogP contribution is -2.13. The quantitative estimate of drug-likeness (QED) is 0.750. The zero-order valence-corrected chi connectivity index (χ0v) is 12.0. The monoisotopic (exact) mass is 235 g/mol. The third kappa shape index (κ3) is 6.48. The molecule has 0 radical (unpaired) electrons. The van der Waals surface area contributed by atoms with Crippen molar-refractivity contribution in [3.05, 3.63) is 35.9 Å². The van der Waals surface area contributed by atoms with Gasteiger partial charge in [0.15, 0.2) is 0 Å². The topological polar surface area (TPSA) is 12.0 Å². The van der Waals surface area contributed by atoms with Gasteiger partial charge in [-0.05, 0) is 43.8 Å². The van der Waals surface area contributed by atoms with Crippen LogP contribution >= 0.6 is 0 Å². The first kappa shape index (κ1) is 16.2. The molecule has 98 valence electrons. The zero-order valence-electron chi connectivity index (χ0n) is 12.0. The van der Waals surface area contributed by atoms with E-state index in [1.165, 1.54) is 37.9 Å². The highest BCUT2D eigenvalue weighted by molar-refractivity contribution is 5.19. The lowest BCUT2D eigenvalue weighted by atomic mass is 9.92. The van der Waals surface area contributed by atoms with Gasteiger partial charge in [0.25, 0.3) is 0 Å². The Morgan fingerprint density at radius 3 is 2.18 bits per heavy atom. The van der Waals surface area contributed by atoms with Gasteiger partial charge >= 0.3 is 0 Å². The summed E-state index contributed by atoms with van der Waals surface area (Å²) in [6.07, 6.45) is 3.96. The highest BCUT2D eigenvalue weighted by atomic mass is 14.8. The van der Waals surface area contributed by atoms with E-state index in [0.717, 1.165) is 5.92 Å². The second-order valence-electron chi connectivity index (χ2n) is 3.79. The van der Waals surface area contributed by atoms with Gasteiger partial charge in [-0.15, -0.1) is 0 Å². The largest absolute Gasteiger partial charge is 0.317 e. The minimum atomic E-state index is 0.788. The molecule has 17 heavy (non-hydrogen) atoms. The number of benzene rings is 1. The van der Waals surface area contributed by atoms with Crippen LogP contribution in [0.3, 0.4) is 0 Å². The Hall–Kier alpha value is -0.820. The van der Waals surface area contributed by atoms with E-state index in [4.69, 9.17) is 0 Å². The Morgan fingerprint density at radius 2 is 1.53 bits per heavy atom. The lowest BCUT2D eigenvalue weighted by Gasteiger charge is -2.13. The van der Waals surface area contributed by atoms with Crippen molar-refractivity contribution in [3.63, 3.8) is 0 Å². The molecule has 0 bridgehead atoms. The molecule has 0 aromatic heterocycles. The SMILES string of the molecule is CC.CC.c1ccc(C2CCCNCC2)cc1. The van der Waals surface area contributed by atoms with Crippen molar-refractivity contribution in [2.75, 3.05) is 13.1 Å². The summed E-state index contributed by atoms with van der Waals surface area (Å²) in [4.78, 5) is 0. The Balaban J connectivity index is 0.000000581. The fraction of sp³-hybridized carbons (Fsp3) is 0.625. The highest BCUT2D eigenvalue weighted by Gasteiger charge is 2.12. The van der Waals surface area contributed by atoms with Crippen molar-refractivity contribution >= 4 is 0 Å². The second kappa shape index (κ2) is 11.7. The molecule has 1 aliphatic rings. The van der Waals surface area contributed by atoms with E-state index >= 15 is 0 Å². The van der Waals surface area contributed by atoms with Crippen molar-refractivity contribution in [1.29, 1.82) is 0 Å². The minimum absolute atomic E-state index is 0.788. The van der Waals surface area contributed by atoms with Gasteiger partial charge in [-0.25, -0.2) is 0 Å². The summed E-state index contributed by atoms with van der Waals surface area (Å²) in [5.74, 6) is 0.788. The first-order chi connectivity index (χ1) is 8.47. The Bertz CT molecular complexity index is 235. The molecular weight excluding hydrogens is 206 g/mol. The van der Waals surface area contributed by atoms with Crippen molar-refractivity contribution in [3.8, 4) is 0 Å². The Labute approximate surface area is 108 Å². The lowest BCUT2D eigenvalue weighted by molar-refractivity contribution is 0.609. The maximum absolute atomic E-state index is 3.45. The highest BCUT2D eigenvalue weighted by Crippen LogP contribution is 2.25. The van der Waals surface area contributed by atoms with Crippen LogP contribution in [0.1, 0.15) is 58.4 Å². The van der Waals surface area contributed by atoms with Gasteiger partial charge in [-0.1, -0.05) is 58.0 Å². The van der Waals surface area contributed by atoms with Gasteiger partial charge in [0, 0.05) is 0 Å². The third-order valence-corrected chi connectivity index (χ3v) is 2.85. The average molecular weight is 235 g/mol. The number of hydrogen-bond acceptors (Lipinski definition) is 1. The van der Waals surface area contributed by atoms with Crippen LogP contribution in [0.25, 0.3) is 0 Å². The standard InChI is InChI=1S/C12H17N.2C2H6/c1-2-5-11(6-3-1)12-7-4-9-13-10-8-12;2*1-2/h1-3,5-6,12-13H,4,7-10H2;2*1-2H3. The smallest absolute Gasteiger partial charge is 0.00431 e. The summed E-state index contributed by atoms with van der Waals surface area (Å²) in [5, 5.41) is 3.45. The predicted octanol–water partition coefficient (Wildman–Crippen LogP) is 4.60. The molecule has 2 rings (SSSR count). The summed E-state index contributed by atoms with van der Waals surface area (Å²) < 4.78 is 0. The Kier molecular flexibility index (Phi) is 11.1.